The lowest BCUT2D eigenvalue weighted by molar-refractivity contribution is -0.126. The Labute approximate surface area is 188 Å². The monoisotopic (exact) mass is 431 g/mol. The first-order chi connectivity index (χ1) is 15.2. The molecule has 1 aliphatic carbocycles. The Kier molecular flexibility index (Phi) is 4.75. The van der Waals surface area contributed by atoms with Crippen molar-refractivity contribution in [1.29, 1.82) is 0 Å². The molecule has 2 aromatic carbocycles. The van der Waals surface area contributed by atoms with Crippen LogP contribution in [0.15, 0.2) is 47.0 Å². The summed E-state index contributed by atoms with van der Waals surface area (Å²) in [6.07, 6.45) is 0. The van der Waals surface area contributed by atoms with Crippen molar-refractivity contribution in [3.63, 3.8) is 0 Å². The first-order valence-electron chi connectivity index (χ1n) is 11.2. The van der Waals surface area contributed by atoms with Crippen molar-refractivity contribution in [2.24, 2.45) is 0 Å². The van der Waals surface area contributed by atoms with Gasteiger partial charge in [0.15, 0.2) is 11.6 Å². The molecule has 6 heteroatoms. The van der Waals surface area contributed by atoms with Crippen LogP contribution in [-0.2, 0) is 15.6 Å². The van der Waals surface area contributed by atoms with Gasteiger partial charge in [-0.05, 0) is 57.0 Å². The fraction of sp³-hybridized carbons (Fsp3) is 0.423. The van der Waals surface area contributed by atoms with Crippen LogP contribution in [0.25, 0.3) is 10.9 Å². The molecule has 0 radical (unpaired) electrons. The third-order valence-electron chi connectivity index (χ3n) is 7.22. The number of benzene rings is 2. The van der Waals surface area contributed by atoms with E-state index in [0.717, 1.165) is 54.1 Å². The van der Waals surface area contributed by atoms with Crippen molar-refractivity contribution in [2.75, 3.05) is 37.6 Å². The summed E-state index contributed by atoms with van der Waals surface area (Å²) < 4.78 is 5.59. The van der Waals surface area contributed by atoms with E-state index in [9.17, 15) is 9.59 Å². The Morgan fingerprint density at radius 3 is 2.41 bits per heavy atom. The first-order valence-corrected chi connectivity index (χ1v) is 11.2. The zero-order valence-electron chi connectivity index (χ0n) is 19.1. The summed E-state index contributed by atoms with van der Waals surface area (Å²) in [6.45, 7) is 11.4. The quantitative estimate of drug-likeness (QED) is 0.583. The van der Waals surface area contributed by atoms with Crippen LogP contribution in [0.2, 0.25) is 0 Å². The first kappa shape index (κ1) is 20.9. The van der Waals surface area contributed by atoms with E-state index in [-0.39, 0.29) is 11.6 Å². The summed E-state index contributed by atoms with van der Waals surface area (Å²) in [5.74, 6) is 1.11. The third kappa shape index (κ3) is 3.16. The van der Waals surface area contributed by atoms with E-state index in [2.05, 4.69) is 15.0 Å². The molecule has 5 rings (SSSR count). The summed E-state index contributed by atoms with van der Waals surface area (Å²) in [5, 5.41) is 5.17. The Morgan fingerprint density at radius 2 is 1.66 bits per heavy atom. The summed E-state index contributed by atoms with van der Waals surface area (Å²) in [4.78, 5) is 30.4. The fourth-order valence-electron chi connectivity index (χ4n) is 5.31. The lowest BCUT2D eigenvalue weighted by Gasteiger charge is -2.34. The van der Waals surface area contributed by atoms with Crippen molar-refractivity contribution >= 4 is 28.4 Å². The van der Waals surface area contributed by atoms with Gasteiger partial charge in [0, 0.05) is 42.6 Å². The van der Waals surface area contributed by atoms with Crippen molar-refractivity contribution in [2.45, 2.75) is 38.5 Å². The number of aromatic nitrogens is 1. The van der Waals surface area contributed by atoms with Crippen LogP contribution in [0.4, 0.5) is 5.88 Å². The molecule has 1 fully saturated rings. The molecule has 0 atom stereocenters. The second kappa shape index (κ2) is 7.27. The van der Waals surface area contributed by atoms with Crippen molar-refractivity contribution < 1.29 is 14.1 Å². The minimum absolute atomic E-state index is 0.0966. The molecular weight excluding hydrogens is 402 g/mol. The Bertz CT molecular complexity index is 1220. The van der Waals surface area contributed by atoms with Crippen molar-refractivity contribution in [3.8, 4) is 0 Å². The van der Waals surface area contributed by atoms with Gasteiger partial charge < -0.3 is 9.42 Å². The zero-order chi connectivity index (χ0) is 22.7. The predicted molar refractivity (Wildman–Crippen MR) is 124 cm³/mol. The number of nitrogens with zero attached hydrogens (tertiary/aromatic N) is 3. The van der Waals surface area contributed by atoms with Crippen LogP contribution in [0.5, 0.6) is 0 Å². The average Bonchev–Trinajstić information content (AvgIpc) is 3.27. The second-order valence-corrected chi connectivity index (χ2v) is 10.0. The number of fused-ring (bicyclic) bond motifs is 2. The topological polar surface area (TPSA) is 66.7 Å². The van der Waals surface area contributed by atoms with Gasteiger partial charge in [-0.15, -0.1) is 0 Å². The molecule has 0 saturated carbocycles. The lowest BCUT2D eigenvalue weighted by atomic mass is 9.80. The van der Waals surface area contributed by atoms with E-state index in [1.165, 1.54) is 0 Å². The molecular formula is C26H29N3O3. The molecule has 6 nitrogen and oxygen atoms in total. The van der Waals surface area contributed by atoms with Crippen molar-refractivity contribution in [3.05, 3.63) is 59.2 Å². The van der Waals surface area contributed by atoms with E-state index in [0.29, 0.717) is 12.1 Å². The summed E-state index contributed by atoms with van der Waals surface area (Å²) in [7, 11) is 0. The number of hydrogen-bond acceptors (Lipinski definition) is 6. The molecule has 2 aliphatic rings. The Balaban J connectivity index is 1.27. The molecule has 0 unspecified atom stereocenters. The van der Waals surface area contributed by atoms with Crippen LogP contribution in [-0.4, -0.2) is 54.3 Å². The molecule has 3 aromatic rings. The number of rotatable bonds is 4. The van der Waals surface area contributed by atoms with Crippen LogP contribution >= 0.6 is 0 Å². The molecule has 0 N–H and O–H groups in total. The molecule has 0 spiro atoms. The van der Waals surface area contributed by atoms with Gasteiger partial charge in [-0.25, -0.2) is 0 Å². The number of piperazine rings is 1. The molecule has 2 heterocycles. The van der Waals surface area contributed by atoms with Gasteiger partial charge in [-0.3, -0.25) is 14.5 Å². The molecule has 0 bridgehead atoms. The molecule has 1 aliphatic heterocycles. The van der Waals surface area contributed by atoms with E-state index < -0.39 is 10.8 Å². The van der Waals surface area contributed by atoms with Crippen LogP contribution < -0.4 is 4.90 Å². The predicted octanol–water partition coefficient (Wildman–Crippen LogP) is 3.97. The maximum atomic E-state index is 13.1. The Hall–Kier alpha value is -2.99. The number of anilines is 1. The minimum atomic E-state index is -0.569. The smallest absolute Gasteiger partial charge is 0.235 e. The van der Waals surface area contributed by atoms with Gasteiger partial charge in [0.1, 0.15) is 5.52 Å². The van der Waals surface area contributed by atoms with Crippen LogP contribution in [0.3, 0.4) is 0 Å². The maximum Gasteiger partial charge on any atom is 0.235 e. The van der Waals surface area contributed by atoms with E-state index in [1.807, 2.05) is 70.2 Å². The van der Waals surface area contributed by atoms with E-state index in [4.69, 9.17) is 4.52 Å². The van der Waals surface area contributed by atoms with Crippen LogP contribution in [0, 0.1) is 0 Å². The molecule has 32 heavy (non-hydrogen) atoms. The molecule has 0 amide bonds. The van der Waals surface area contributed by atoms with Gasteiger partial charge in [0.25, 0.3) is 0 Å². The number of carbonyl (C=O) groups is 2. The van der Waals surface area contributed by atoms with Gasteiger partial charge in [0.05, 0.1) is 11.9 Å². The number of Topliss-reactive ketones (excluding diaryl/α,β-unsaturated/α-hetero) is 2. The SMILES string of the molecule is CC1(C)C(=O)C(C)(C)c2cc(C(=O)CN3CCN(c4onc5ccccc45)CC3)ccc21. The normalized spacial score (nSPS) is 20.0. The Morgan fingerprint density at radius 1 is 0.969 bits per heavy atom. The lowest BCUT2D eigenvalue weighted by Crippen LogP contribution is -2.48. The summed E-state index contributed by atoms with van der Waals surface area (Å²) >= 11 is 0. The van der Waals surface area contributed by atoms with Gasteiger partial charge in [0.2, 0.25) is 5.88 Å². The minimum Gasteiger partial charge on any atom is -0.338 e. The van der Waals surface area contributed by atoms with Crippen LogP contribution in [0.1, 0.15) is 49.2 Å². The highest BCUT2D eigenvalue weighted by Gasteiger charge is 2.50. The molecule has 1 saturated heterocycles. The number of hydrogen-bond donors (Lipinski definition) is 0. The number of carbonyl (C=O) groups excluding carboxylic acids is 2. The van der Waals surface area contributed by atoms with Crippen molar-refractivity contribution in [1.82, 2.24) is 10.1 Å². The second-order valence-electron chi connectivity index (χ2n) is 10.0. The highest BCUT2D eigenvalue weighted by atomic mass is 16.5. The van der Waals surface area contributed by atoms with E-state index >= 15 is 0 Å². The highest BCUT2D eigenvalue weighted by molar-refractivity contribution is 6.04. The molecule has 166 valence electrons. The largest absolute Gasteiger partial charge is 0.338 e. The third-order valence-corrected chi connectivity index (χ3v) is 7.22. The molecule has 1 aromatic heterocycles. The summed E-state index contributed by atoms with van der Waals surface area (Å²) in [5.41, 5.74) is 2.49. The fourth-order valence-corrected chi connectivity index (χ4v) is 5.31. The number of ketones is 2. The standard InChI is InChI=1S/C26H29N3O3/c1-25(2)19-10-9-17(15-20(19)26(3,4)24(25)31)22(30)16-28-11-13-29(14-12-28)23-18-7-5-6-8-21(18)27-32-23/h5-10,15H,11-14,16H2,1-4H3. The van der Waals surface area contributed by atoms with Gasteiger partial charge >= 0.3 is 0 Å². The maximum absolute atomic E-state index is 13.1. The highest BCUT2D eigenvalue weighted by Crippen LogP contribution is 2.46. The average molecular weight is 432 g/mol. The van der Waals surface area contributed by atoms with E-state index in [1.54, 1.807) is 0 Å². The zero-order valence-corrected chi connectivity index (χ0v) is 19.1. The summed E-state index contributed by atoms with van der Waals surface area (Å²) in [6, 6.07) is 13.7. The van der Waals surface area contributed by atoms with Gasteiger partial charge in [-0.2, -0.15) is 0 Å². The van der Waals surface area contributed by atoms with Gasteiger partial charge in [-0.1, -0.05) is 29.4 Å².